The Labute approximate surface area is 79.3 Å². The molecule has 14 heavy (non-hydrogen) atoms. The predicted molar refractivity (Wildman–Crippen MR) is 47.4 cm³/mol. The standard InChI is InChI=1S/C10H6F2N2/c11-8-3-7(4-9(12)5-8)10-1-2-13-6-14-10/h1-6H. The number of aromatic nitrogens is 2. The Kier molecular flexibility index (Phi) is 2.18. The minimum Gasteiger partial charge on any atom is -0.245 e. The zero-order valence-corrected chi connectivity index (χ0v) is 7.11. The lowest BCUT2D eigenvalue weighted by atomic mass is 10.1. The molecule has 0 aliphatic heterocycles. The monoisotopic (exact) mass is 192 g/mol. The smallest absolute Gasteiger partial charge is 0.126 e. The average Bonchev–Trinajstić information content (AvgIpc) is 2.18. The zero-order valence-electron chi connectivity index (χ0n) is 7.11. The van der Waals surface area contributed by atoms with Crippen LogP contribution in [0.3, 0.4) is 0 Å². The molecule has 0 N–H and O–H groups in total. The van der Waals surface area contributed by atoms with E-state index in [0.29, 0.717) is 11.3 Å². The van der Waals surface area contributed by atoms with E-state index in [4.69, 9.17) is 0 Å². The lowest BCUT2D eigenvalue weighted by Crippen LogP contribution is -1.87. The third-order valence-corrected chi connectivity index (χ3v) is 1.74. The second-order valence-electron chi connectivity index (χ2n) is 2.75. The first-order chi connectivity index (χ1) is 6.75. The van der Waals surface area contributed by atoms with Crippen LogP contribution in [-0.2, 0) is 0 Å². The first-order valence-corrected chi connectivity index (χ1v) is 3.98. The number of benzene rings is 1. The van der Waals surface area contributed by atoms with E-state index in [0.717, 1.165) is 6.07 Å². The molecule has 70 valence electrons. The topological polar surface area (TPSA) is 25.8 Å². The fraction of sp³-hybridized carbons (Fsp3) is 0. The zero-order chi connectivity index (χ0) is 9.97. The first-order valence-electron chi connectivity index (χ1n) is 3.98. The fourth-order valence-electron chi connectivity index (χ4n) is 1.16. The van der Waals surface area contributed by atoms with Crippen LogP contribution in [0.25, 0.3) is 11.3 Å². The number of hydrogen-bond acceptors (Lipinski definition) is 2. The third kappa shape index (κ3) is 1.74. The van der Waals surface area contributed by atoms with Gasteiger partial charge in [-0.2, -0.15) is 0 Å². The van der Waals surface area contributed by atoms with E-state index in [1.807, 2.05) is 0 Å². The largest absolute Gasteiger partial charge is 0.245 e. The van der Waals surface area contributed by atoms with E-state index in [1.54, 1.807) is 6.07 Å². The van der Waals surface area contributed by atoms with Crippen LogP contribution in [0.15, 0.2) is 36.8 Å². The van der Waals surface area contributed by atoms with Crippen molar-refractivity contribution in [2.24, 2.45) is 0 Å². The molecule has 0 amide bonds. The summed E-state index contributed by atoms with van der Waals surface area (Å²) in [6.07, 6.45) is 2.85. The van der Waals surface area contributed by atoms with Gasteiger partial charge in [0, 0.05) is 17.8 Å². The molecule has 0 radical (unpaired) electrons. The normalized spacial score (nSPS) is 10.1. The van der Waals surface area contributed by atoms with Crippen molar-refractivity contribution < 1.29 is 8.78 Å². The van der Waals surface area contributed by atoms with Gasteiger partial charge in [0.2, 0.25) is 0 Å². The van der Waals surface area contributed by atoms with Crippen molar-refractivity contribution in [3.63, 3.8) is 0 Å². The van der Waals surface area contributed by atoms with Crippen molar-refractivity contribution >= 4 is 0 Å². The molecule has 0 saturated heterocycles. The molecule has 2 nitrogen and oxygen atoms in total. The molecular weight excluding hydrogens is 186 g/mol. The molecule has 1 aromatic heterocycles. The van der Waals surface area contributed by atoms with E-state index in [-0.39, 0.29) is 0 Å². The minimum atomic E-state index is -0.612. The highest BCUT2D eigenvalue weighted by molar-refractivity contribution is 5.58. The Balaban J connectivity index is 2.52. The van der Waals surface area contributed by atoms with Crippen molar-refractivity contribution in [1.82, 2.24) is 9.97 Å². The number of rotatable bonds is 1. The van der Waals surface area contributed by atoms with Crippen LogP contribution < -0.4 is 0 Å². The van der Waals surface area contributed by atoms with Gasteiger partial charge < -0.3 is 0 Å². The molecule has 0 saturated carbocycles. The third-order valence-electron chi connectivity index (χ3n) is 1.74. The van der Waals surface area contributed by atoms with Crippen LogP contribution in [0.2, 0.25) is 0 Å². The lowest BCUT2D eigenvalue weighted by molar-refractivity contribution is 0.584. The molecule has 4 heteroatoms. The summed E-state index contributed by atoms with van der Waals surface area (Å²) < 4.78 is 25.7. The van der Waals surface area contributed by atoms with Crippen molar-refractivity contribution in [2.75, 3.05) is 0 Å². The second kappa shape index (κ2) is 3.49. The number of nitrogens with zero attached hydrogens (tertiary/aromatic N) is 2. The first kappa shape index (κ1) is 8.74. The Morgan fingerprint density at radius 3 is 2.29 bits per heavy atom. The molecule has 0 atom stereocenters. The Bertz CT molecular complexity index is 423. The maximum absolute atomic E-state index is 12.8. The molecule has 0 aliphatic carbocycles. The van der Waals surface area contributed by atoms with Gasteiger partial charge in [-0.1, -0.05) is 0 Å². The van der Waals surface area contributed by atoms with E-state index in [1.165, 1.54) is 24.7 Å². The Morgan fingerprint density at radius 2 is 1.71 bits per heavy atom. The van der Waals surface area contributed by atoms with Gasteiger partial charge >= 0.3 is 0 Å². The van der Waals surface area contributed by atoms with Gasteiger partial charge in [-0.25, -0.2) is 18.7 Å². The summed E-state index contributed by atoms with van der Waals surface area (Å²) in [6, 6.07) is 4.87. The maximum atomic E-state index is 12.8. The number of halogens is 2. The van der Waals surface area contributed by atoms with Crippen LogP contribution in [-0.4, -0.2) is 9.97 Å². The SMILES string of the molecule is Fc1cc(F)cc(-c2ccncn2)c1. The van der Waals surface area contributed by atoms with Gasteiger partial charge in [0.15, 0.2) is 0 Å². The van der Waals surface area contributed by atoms with Crippen molar-refractivity contribution in [3.05, 3.63) is 48.4 Å². The van der Waals surface area contributed by atoms with Crippen LogP contribution in [0.4, 0.5) is 8.78 Å². The quantitative estimate of drug-likeness (QED) is 0.693. The molecule has 0 unspecified atom stereocenters. The predicted octanol–water partition coefficient (Wildman–Crippen LogP) is 2.42. The van der Waals surface area contributed by atoms with E-state index >= 15 is 0 Å². The molecule has 0 aliphatic rings. The molecule has 1 aromatic carbocycles. The average molecular weight is 192 g/mol. The summed E-state index contributed by atoms with van der Waals surface area (Å²) in [6.45, 7) is 0. The second-order valence-corrected chi connectivity index (χ2v) is 2.75. The summed E-state index contributed by atoms with van der Waals surface area (Å²) in [5.41, 5.74) is 0.906. The molecule has 0 fully saturated rings. The summed E-state index contributed by atoms with van der Waals surface area (Å²) in [5, 5.41) is 0. The van der Waals surface area contributed by atoms with Crippen LogP contribution in [0.1, 0.15) is 0 Å². The summed E-state index contributed by atoms with van der Waals surface area (Å²) in [4.78, 5) is 7.60. The van der Waals surface area contributed by atoms with Gasteiger partial charge in [-0.15, -0.1) is 0 Å². The highest BCUT2D eigenvalue weighted by Gasteiger charge is 2.03. The van der Waals surface area contributed by atoms with Crippen molar-refractivity contribution in [3.8, 4) is 11.3 Å². The van der Waals surface area contributed by atoms with E-state index in [2.05, 4.69) is 9.97 Å². The Hall–Kier alpha value is -1.84. The molecule has 2 aromatic rings. The summed E-state index contributed by atoms with van der Waals surface area (Å²) >= 11 is 0. The lowest BCUT2D eigenvalue weighted by Gasteiger charge is -1.99. The van der Waals surface area contributed by atoms with Crippen LogP contribution in [0, 0.1) is 11.6 Å². The molecule has 0 bridgehead atoms. The number of hydrogen-bond donors (Lipinski definition) is 0. The van der Waals surface area contributed by atoms with Gasteiger partial charge in [0.05, 0.1) is 5.69 Å². The minimum absolute atomic E-state index is 0.407. The fourth-order valence-corrected chi connectivity index (χ4v) is 1.16. The maximum Gasteiger partial charge on any atom is 0.126 e. The molecule has 1 heterocycles. The van der Waals surface area contributed by atoms with Crippen LogP contribution >= 0.6 is 0 Å². The van der Waals surface area contributed by atoms with E-state index in [9.17, 15) is 8.78 Å². The van der Waals surface area contributed by atoms with Gasteiger partial charge in [0.1, 0.15) is 18.0 Å². The highest BCUT2D eigenvalue weighted by Crippen LogP contribution is 2.18. The van der Waals surface area contributed by atoms with Crippen LogP contribution in [0.5, 0.6) is 0 Å². The molecule has 2 rings (SSSR count). The van der Waals surface area contributed by atoms with Gasteiger partial charge in [-0.3, -0.25) is 0 Å². The Morgan fingerprint density at radius 1 is 1.00 bits per heavy atom. The highest BCUT2D eigenvalue weighted by atomic mass is 19.1. The van der Waals surface area contributed by atoms with E-state index < -0.39 is 11.6 Å². The van der Waals surface area contributed by atoms with Crippen molar-refractivity contribution in [2.45, 2.75) is 0 Å². The summed E-state index contributed by atoms with van der Waals surface area (Å²) in [5.74, 6) is -1.22. The van der Waals surface area contributed by atoms with Gasteiger partial charge in [-0.05, 0) is 18.2 Å². The molecular formula is C10H6F2N2. The molecule has 0 spiro atoms. The van der Waals surface area contributed by atoms with Gasteiger partial charge in [0.25, 0.3) is 0 Å². The summed E-state index contributed by atoms with van der Waals surface area (Å²) in [7, 11) is 0. The van der Waals surface area contributed by atoms with Crippen molar-refractivity contribution in [1.29, 1.82) is 0 Å².